The molecule has 0 atom stereocenters. The molecule has 1 aliphatic carbocycles. The van der Waals surface area contributed by atoms with Gasteiger partial charge in [-0.15, -0.1) is 0 Å². The van der Waals surface area contributed by atoms with Crippen molar-refractivity contribution in [1.82, 2.24) is 9.97 Å². The molecule has 0 spiro atoms. The number of nitrogens with zero attached hydrogens (tertiary/aromatic N) is 2. The van der Waals surface area contributed by atoms with E-state index in [2.05, 4.69) is 35.9 Å². The van der Waals surface area contributed by atoms with Gasteiger partial charge in [-0.25, -0.2) is 9.97 Å². The second-order valence-electron chi connectivity index (χ2n) is 6.09. The first-order chi connectivity index (χ1) is 9.63. The van der Waals surface area contributed by atoms with E-state index in [0.717, 1.165) is 33.8 Å². The van der Waals surface area contributed by atoms with Crippen LogP contribution in [0.5, 0.6) is 5.75 Å². The maximum Gasteiger partial charge on any atom is 0.123 e. The van der Waals surface area contributed by atoms with Crippen molar-refractivity contribution in [1.29, 1.82) is 0 Å². The lowest BCUT2D eigenvalue weighted by Gasteiger charge is -2.27. The molecule has 0 amide bonds. The Morgan fingerprint density at radius 2 is 1.80 bits per heavy atom. The van der Waals surface area contributed by atoms with E-state index in [1.54, 1.807) is 6.33 Å². The average Bonchev–Trinajstić information content (AvgIpc) is 2.43. The molecule has 0 N–H and O–H groups in total. The van der Waals surface area contributed by atoms with E-state index in [4.69, 9.17) is 4.74 Å². The second-order valence-corrected chi connectivity index (χ2v) is 6.09. The molecule has 20 heavy (non-hydrogen) atoms. The molecule has 0 bridgehead atoms. The Bertz CT molecular complexity index is 616. The summed E-state index contributed by atoms with van der Waals surface area (Å²) in [5, 5.41) is 1.09. The molecule has 3 nitrogen and oxygen atoms in total. The van der Waals surface area contributed by atoms with Crippen molar-refractivity contribution in [2.75, 3.05) is 0 Å². The summed E-state index contributed by atoms with van der Waals surface area (Å²) in [5.41, 5.74) is 3.17. The molecular weight excluding hydrogens is 248 g/mol. The molecule has 0 radical (unpaired) electrons. The molecule has 1 saturated carbocycles. The molecular formula is C17H22N2O. The molecule has 1 heterocycles. The standard InChI is InChI=1S/C17H22N2O/c1-11-4-6-14(7-5-11)20-17-9-15-13(3)18-10-19-16(15)8-12(17)2/h8-11,14H,4-7H2,1-3H3. The zero-order valence-corrected chi connectivity index (χ0v) is 12.5. The summed E-state index contributed by atoms with van der Waals surface area (Å²) in [6.45, 7) is 6.45. The van der Waals surface area contributed by atoms with Crippen LogP contribution >= 0.6 is 0 Å². The lowest BCUT2D eigenvalue weighted by Crippen LogP contribution is -2.23. The molecule has 1 aromatic heterocycles. The van der Waals surface area contributed by atoms with Crippen LogP contribution in [0, 0.1) is 19.8 Å². The van der Waals surface area contributed by atoms with Gasteiger partial charge in [-0.2, -0.15) is 0 Å². The predicted octanol–water partition coefficient (Wildman–Crippen LogP) is 4.20. The van der Waals surface area contributed by atoms with Crippen molar-refractivity contribution in [2.24, 2.45) is 5.92 Å². The van der Waals surface area contributed by atoms with Gasteiger partial charge in [0.15, 0.2) is 0 Å². The van der Waals surface area contributed by atoms with Crippen LogP contribution in [0.15, 0.2) is 18.5 Å². The van der Waals surface area contributed by atoms with E-state index < -0.39 is 0 Å². The van der Waals surface area contributed by atoms with E-state index in [1.165, 1.54) is 25.7 Å². The minimum atomic E-state index is 0.368. The largest absolute Gasteiger partial charge is 0.490 e. The summed E-state index contributed by atoms with van der Waals surface area (Å²) in [6.07, 6.45) is 6.89. The van der Waals surface area contributed by atoms with Gasteiger partial charge in [0.25, 0.3) is 0 Å². The van der Waals surface area contributed by atoms with Gasteiger partial charge >= 0.3 is 0 Å². The van der Waals surface area contributed by atoms with Crippen LogP contribution in [0.3, 0.4) is 0 Å². The van der Waals surface area contributed by atoms with Gasteiger partial charge < -0.3 is 4.74 Å². The van der Waals surface area contributed by atoms with Crippen LogP contribution in [0.1, 0.15) is 43.9 Å². The summed E-state index contributed by atoms with van der Waals surface area (Å²) >= 11 is 0. The lowest BCUT2D eigenvalue weighted by molar-refractivity contribution is 0.135. The number of rotatable bonds is 2. The predicted molar refractivity (Wildman–Crippen MR) is 81.1 cm³/mol. The van der Waals surface area contributed by atoms with Crippen LogP contribution in [-0.4, -0.2) is 16.1 Å². The highest BCUT2D eigenvalue weighted by Gasteiger charge is 2.20. The van der Waals surface area contributed by atoms with Crippen molar-refractivity contribution >= 4 is 10.9 Å². The molecule has 0 saturated heterocycles. The molecule has 0 aliphatic heterocycles. The lowest BCUT2D eigenvalue weighted by atomic mass is 9.89. The van der Waals surface area contributed by atoms with Crippen molar-refractivity contribution in [2.45, 2.75) is 52.6 Å². The first-order valence-electron chi connectivity index (χ1n) is 7.52. The topological polar surface area (TPSA) is 35.0 Å². The van der Waals surface area contributed by atoms with Crippen LogP contribution < -0.4 is 4.74 Å². The summed E-state index contributed by atoms with van der Waals surface area (Å²) in [5.74, 6) is 1.85. The number of hydrogen-bond acceptors (Lipinski definition) is 3. The zero-order valence-electron chi connectivity index (χ0n) is 12.5. The monoisotopic (exact) mass is 270 g/mol. The fraction of sp³-hybridized carbons (Fsp3) is 0.529. The summed E-state index contributed by atoms with van der Waals surface area (Å²) in [7, 11) is 0. The molecule has 2 aromatic rings. The van der Waals surface area contributed by atoms with E-state index in [-0.39, 0.29) is 0 Å². The number of fused-ring (bicyclic) bond motifs is 1. The van der Waals surface area contributed by atoms with Gasteiger partial charge in [-0.05, 0) is 63.1 Å². The molecule has 106 valence electrons. The minimum Gasteiger partial charge on any atom is -0.490 e. The Balaban J connectivity index is 1.87. The highest BCUT2D eigenvalue weighted by Crippen LogP contribution is 2.31. The van der Waals surface area contributed by atoms with Crippen molar-refractivity contribution in [3.63, 3.8) is 0 Å². The van der Waals surface area contributed by atoms with Gasteiger partial charge in [0.05, 0.1) is 11.6 Å². The van der Waals surface area contributed by atoms with Crippen LogP contribution in [0.25, 0.3) is 10.9 Å². The Kier molecular flexibility index (Phi) is 3.60. The first-order valence-corrected chi connectivity index (χ1v) is 7.52. The number of aromatic nitrogens is 2. The second kappa shape index (κ2) is 5.39. The Morgan fingerprint density at radius 3 is 2.55 bits per heavy atom. The molecule has 3 heteroatoms. The molecule has 1 aromatic carbocycles. The van der Waals surface area contributed by atoms with Crippen LogP contribution in [-0.2, 0) is 0 Å². The van der Waals surface area contributed by atoms with Gasteiger partial charge in [0.1, 0.15) is 12.1 Å². The van der Waals surface area contributed by atoms with Crippen LogP contribution in [0.4, 0.5) is 0 Å². The quantitative estimate of drug-likeness (QED) is 0.820. The van der Waals surface area contributed by atoms with E-state index in [9.17, 15) is 0 Å². The van der Waals surface area contributed by atoms with Gasteiger partial charge in [-0.1, -0.05) is 6.92 Å². The Labute approximate surface area is 120 Å². The van der Waals surface area contributed by atoms with E-state index >= 15 is 0 Å². The first kappa shape index (κ1) is 13.3. The smallest absolute Gasteiger partial charge is 0.123 e. The highest BCUT2D eigenvalue weighted by molar-refractivity contribution is 5.83. The Morgan fingerprint density at radius 1 is 1.05 bits per heavy atom. The third-order valence-electron chi connectivity index (χ3n) is 4.39. The van der Waals surface area contributed by atoms with E-state index in [1.807, 2.05) is 6.92 Å². The fourth-order valence-electron chi connectivity index (χ4n) is 2.97. The van der Waals surface area contributed by atoms with Crippen molar-refractivity contribution in [3.8, 4) is 5.75 Å². The minimum absolute atomic E-state index is 0.368. The maximum absolute atomic E-state index is 6.24. The third kappa shape index (κ3) is 2.62. The SMILES string of the molecule is Cc1cc2ncnc(C)c2cc1OC1CCC(C)CC1. The number of hydrogen-bond donors (Lipinski definition) is 0. The number of benzene rings is 1. The zero-order chi connectivity index (χ0) is 14.1. The number of aryl methyl sites for hydroxylation is 2. The third-order valence-corrected chi connectivity index (χ3v) is 4.39. The highest BCUT2D eigenvalue weighted by atomic mass is 16.5. The van der Waals surface area contributed by atoms with Crippen molar-refractivity contribution in [3.05, 3.63) is 29.7 Å². The maximum atomic E-state index is 6.24. The van der Waals surface area contributed by atoms with Gasteiger partial charge in [0.2, 0.25) is 0 Å². The van der Waals surface area contributed by atoms with Crippen molar-refractivity contribution < 1.29 is 4.74 Å². The molecule has 3 rings (SSSR count). The van der Waals surface area contributed by atoms with E-state index in [0.29, 0.717) is 6.10 Å². The summed E-state index contributed by atoms with van der Waals surface area (Å²) < 4.78 is 6.24. The normalized spacial score (nSPS) is 22.9. The van der Waals surface area contributed by atoms with Gasteiger partial charge in [-0.3, -0.25) is 0 Å². The Hall–Kier alpha value is -1.64. The molecule has 1 fully saturated rings. The average molecular weight is 270 g/mol. The molecule has 1 aliphatic rings. The number of ether oxygens (including phenoxy) is 1. The molecule has 0 unspecified atom stereocenters. The fourth-order valence-corrected chi connectivity index (χ4v) is 2.97. The van der Waals surface area contributed by atoms with Gasteiger partial charge in [0, 0.05) is 11.1 Å². The summed E-state index contributed by atoms with van der Waals surface area (Å²) in [4.78, 5) is 8.60. The van der Waals surface area contributed by atoms with Crippen LogP contribution in [0.2, 0.25) is 0 Å². The summed E-state index contributed by atoms with van der Waals surface area (Å²) in [6, 6.07) is 4.21.